The quantitative estimate of drug-likeness (QED) is 0.501. The summed E-state index contributed by atoms with van der Waals surface area (Å²) in [6.45, 7) is 1.30. The number of hydrogen-bond acceptors (Lipinski definition) is 5. The Morgan fingerprint density at radius 1 is 1.06 bits per heavy atom. The molecule has 0 aliphatic carbocycles. The van der Waals surface area contributed by atoms with Gasteiger partial charge >= 0.3 is 5.69 Å². The van der Waals surface area contributed by atoms with E-state index in [-0.39, 0.29) is 17.7 Å². The Kier molecular flexibility index (Phi) is 5.83. The van der Waals surface area contributed by atoms with Crippen molar-refractivity contribution in [2.45, 2.75) is 20.0 Å². The topological polar surface area (TPSA) is 98.9 Å². The van der Waals surface area contributed by atoms with Crippen molar-refractivity contribution in [3.8, 4) is 0 Å². The molecular weight excluding hydrogens is 437 g/mol. The summed E-state index contributed by atoms with van der Waals surface area (Å²) in [7, 11) is 0. The molecule has 162 valence electrons. The summed E-state index contributed by atoms with van der Waals surface area (Å²) in [4.78, 5) is 46.9. The molecule has 1 N–H and O–H groups in total. The maximum absolute atomic E-state index is 13.2. The van der Waals surface area contributed by atoms with Crippen molar-refractivity contribution in [3.63, 3.8) is 0 Å². The third-order valence-corrected chi connectivity index (χ3v) is 5.11. The molecule has 0 atom stereocenters. The largest absolute Gasteiger partial charge is 0.333 e. The highest BCUT2D eigenvalue weighted by Gasteiger charge is 2.18. The molecule has 0 aliphatic heterocycles. The van der Waals surface area contributed by atoms with E-state index in [1.54, 1.807) is 18.2 Å². The number of halogens is 2. The standard InChI is InChI=1S/C22H17ClFN5O3/c1-13-2-5-15(23)10-17(13)27-18(30)12-28-20-19(25-8-9-26-20)21(31)29(22(28)32)11-14-3-6-16(24)7-4-14/h2-10H,11-12H2,1H3,(H,27,30). The van der Waals surface area contributed by atoms with Gasteiger partial charge in [-0.15, -0.1) is 0 Å². The minimum absolute atomic E-state index is 0.00387. The van der Waals surface area contributed by atoms with Gasteiger partial charge in [0.1, 0.15) is 12.4 Å². The second kappa shape index (κ2) is 8.72. The SMILES string of the molecule is Cc1ccc(Cl)cc1NC(=O)Cn1c(=O)n(Cc2ccc(F)cc2)c(=O)c2nccnc21. The third kappa shape index (κ3) is 4.28. The van der Waals surface area contributed by atoms with E-state index in [0.717, 1.165) is 14.7 Å². The van der Waals surface area contributed by atoms with E-state index in [4.69, 9.17) is 11.6 Å². The normalized spacial score (nSPS) is 11.0. The summed E-state index contributed by atoms with van der Waals surface area (Å²) in [6.07, 6.45) is 2.66. The first-order valence-electron chi connectivity index (χ1n) is 9.58. The minimum atomic E-state index is -0.731. The van der Waals surface area contributed by atoms with E-state index in [9.17, 15) is 18.8 Å². The zero-order valence-corrected chi connectivity index (χ0v) is 17.6. The molecule has 0 aliphatic rings. The molecule has 32 heavy (non-hydrogen) atoms. The molecule has 0 radical (unpaired) electrons. The van der Waals surface area contributed by atoms with Crippen LogP contribution in [0.1, 0.15) is 11.1 Å². The highest BCUT2D eigenvalue weighted by Crippen LogP contribution is 2.20. The van der Waals surface area contributed by atoms with Gasteiger partial charge in [-0.25, -0.2) is 19.2 Å². The maximum atomic E-state index is 13.2. The number of anilines is 1. The van der Waals surface area contributed by atoms with Gasteiger partial charge < -0.3 is 5.32 Å². The summed E-state index contributed by atoms with van der Waals surface area (Å²) >= 11 is 6.00. The highest BCUT2D eigenvalue weighted by molar-refractivity contribution is 6.31. The molecule has 0 spiro atoms. The maximum Gasteiger partial charge on any atom is 0.333 e. The lowest BCUT2D eigenvalue weighted by atomic mass is 10.2. The summed E-state index contributed by atoms with van der Waals surface area (Å²) in [5.41, 5.74) is 0.401. The van der Waals surface area contributed by atoms with E-state index in [2.05, 4.69) is 15.3 Å². The van der Waals surface area contributed by atoms with E-state index in [1.165, 1.54) is 36.7 Å². The number of rotatable bonds is 5. The van der Waals surface area contributed by atoms with Crippen LogP contribution in [0.4, 0.5) is 10.1 Å². The van der Waals surface area contributed by atoms with E-state index < -0.39 is 29.5 Å². The first-order chi connectivity index (χ1) is 15.3. The summed E-state index contributed by atoms with van der Waals surface area (Å²) in [6, 6.07) is 10.5. The Morgan fingerprint density at radius 3 is 2.53 bits per heavy atom. The number of nitrogens with zero attached hydrogens (tertiary/aromatic N) is 4. The zero-order valence-electron chi connectivity index (χ0n) is 16.9. The summed E-state index contributed by atoms with van der Waals surface area (Å²) in [5, 5.41) is 3.17. The van der Waals surface area contributed by atoms with Gasteiger partial charge in [-0.1, -0.05) is 29.8 Å². The molecule has 0 fully saturated rings. The van der Waals surface area contributed by atoms with Crippen LogP contribution in [-0.4, -0.2) is 25.0 Å². The predicted octanol–water partition coefficient (Wildman–Crippen LogP) is 2.74. The average Bonchev–Trinajstić information content (AvgIpc) is 2.78. The lowest BCUT2D eigenvalue weighted by Gasteiger charge is -2.14. The van der Waals surface area contributed by atoms with Crippen molar-refractivity contribution >= 4 is 34.4 Å². The van der Waals surface area contributed by atoms with E-state index >= 15 is 0 Å². The molecule has 4 aromatic rings. The van der Waals surface area contributed by atoms with Gasteiger partial charge in [0.15, 0.2) is 11.2 Å². The van der Waals surface area contributed by atoms with Gasteiger partial charge in [0, 0.05) is 23.1 Å². The minimum Gasteiger partial charge on any atom is -0.324 e. The Labute approximate surface area is 185 Å². The van der Waals surface area contributed by atoms with Crippen molar-refractivity contribution in [3.05, 3.63) is 97.7 Å². The lowest BCUT2D eigenvalue weighted by molar-refractivity contribution is -0.116. The molecule has 0 bridgehead atoms. The lowest BCUT2D eigenvalue weighted by Crippen LogP contribution is -2.42. The smallest absolute Gasteiger partial charge is 0.324 e. The Bertz CT molecular complexity index is 1450. The van der Waals surface area contributed by atoms with Gasteiger partial charge in [0.25, 0.3) is 5.56 Å². The van der Waals surface area contributed by atoms with Crippen molar-refractivity contribution in [1.82, 2.24) is 19.1 Å². The molecule has 10 heteroatoms. The molecule has 8 nitrogen and oxygen atoms in total. The number of amides is 1. The van der Waals surface area contributed by atoms with Crippen LogP contribution in [0.5, 0.6) is 0 Å². The number of benzene rings is 2. The Hall–Kier alpha value is -3.85. The molecular formula is C22H17ClFN5O3. The van der Waals surface area contributed by atoms with Crippen molar-refractivity contribution in [1.29, 1.82) is 0 Å². The van der Waals surface area contributed by atoms with Crippen LogP contribution < -0.4 is 16.6 Å². The number of fused-ring (bicyclic) bond motifs is 1. The van der Waals surface area contributed by atoms with Crippen molar-refractivity contribution < 1.29 is 9.18 Å². The average molecular weight is 454 g/mol. The van der Waals surface area contributed by atoms with Gasteiger partial charge in [-0.05, 0) is 42.3 Å². The van der Waals surface area contributed by atoms with Crippen LogP contribution >= 0.6 is 11.6 Å². The monoisotopic (exact) mass is 453 g/mol. The molecule has 2 heterocycles. The van der Waals surface area contributed by atoms with Gasteiger partial charge in [-0.3, -0.25) is 18.7 Å². The Morgan fingerprint density at radius 2 is 1.78 bits per heavy atom. The number of carbonyl (C=O) groups is 1. The van der Waals surface area contributed by atoms with Crippen LogP contribution in [-0.2, 0) is 17.9 Å². The zero-order chi connectivity index (χ0) is 22.8. The fraction of sp³-hybridized carbons (Fsp3) is 0.136. The van der Waals surface area contributed by atoms with Crippen molar-refractivity contribution in [2.24, 2.45) is 0 Å². The number of carbonyl (C=O) groups excluding carboxylic acids is 1. The van der Waals surface area contributed by atoms with Crippen LogP contribution in [0, 0.1) is 12.7 Å². The predicted molar refractivity (Wildman–Crippen MR) is 118 cm³/mol. The molecule has 2 aromatic heterocycles. The van der Waals surface area contributed by atoms with Crippen molar-refractivity contribution in [2.75, 3.05) is 5.32 Å². The second-order valence-electron chi connectivity index (χ2n) is 7.12. The molecule has 2 aromatic carbocycles. The summed E-state index contributed by atoms with van der Waals surface area (Å²) < 4.78 is 15.3. The molecule has 1 amide bonds. The van der Waals surface area contributed by atoms with E-state index in [1.807, 2.05) is 6.92 Å². The van der Waals surface area contributed by atoms with E-state index in [0.29, 0.717) is 16.3 Å². The first-order valence-corrected chi connectivity index (χ1v) is 9.96. The molecule has 0 saturated carbocycles. The number of aromatic nitrogens is 4. The molecule has 4 rings (SSSR count). The van der Waals surface area contributed by atoms with Gasteiger partial charge in [-0.2, -0.15) is 0 Å². The Balaban J connectivity index is 1.75. The third-order valence-electron chi connectivity index (χ3n) is 4.87. The summed E-state index contributed by atoms with van der Waals surface area (Å²) in [5.74, 6) is -0.938. The fourth-order valence-electron chi connectivity index (χ4n) is 3.25. The molecule has 0 unspecified atom stereocenters. The number of nitrogens with one attached hydrogen (secondary N) is 1. The first kappa shape index (κ1) is 21.4. The second-order valence-corrected chi connectivity index (χ2v) is 7.56. The van der Waals surface area contributed by atoms with Gasteiger partial charge in [0.05, 0.1) is 6.54 Å². The number of hydrogen-bond donors (Lipinski definition) is 1. The fourth-order valence-corrected chi connectivity index (χ4v) is 3.42. The van der Waals surface area contributed by atoms with Crippen LogP contribution in [0.25, 0.3) is 11.2 Å². The van der Waals surface area contributed by atoms with Crippen LogP contribution in [0.15, 0.2) is 64.4 Å². The van der Waals surface area contributed by atoms with Crippen LogP contribution in [0.2, 0.25) is 5.02 Å². The van der Waals surface area contributed by atoms with Crippen LogP contribution in [0.3, 0.4) is 0 Å². The highest BCUT2D eigenvalue weighted by atomic mass is 35.5. The number of aryl methyl sites for hydroxylation is 1. The van der Waals surface area contributed by atoms with Gasteiger partial charge in [0.2, 0.25) is 5.91 Å². The molecule has 0 saturated heterocycles.